The molecule has 0 atom stereocenters. The van der Waals surface area contributed by atoms with Crippen molar-refractivity contribution in [3.8, 4) is 44.5 Å². The molecule has 12 aromatic rings. The fraction of sp³-hybridized carbons (Fsp3) is 0. The Labute approximate surface area is 360 Å². The van der Waals surface area contributed by atoms with Crippen molar-refractivity contribution in [3.05, 3.63) is 237 Å². The fourth-order valence-electron chi connectivity index (χ4n) is 9.54. The van der Waals surface area contributed by atoms with Crippen LogP contribution in [0.4, 0.5) is 17.1 Å². The summed E-state index contributed by atoms with van der Waals surface area (Å²) in [7, 11) is 0. The molecule has 0 bridgehead atoms. The average Bonchev–Trinajstić information content (AvgIpc) is 3.75. The van der Waals surface area contributed by atoms with E-state index in [-0.39, 0.29) is 0 Å². The summed E-state index contributed by atoms with van der Waals surface area (Å²) in [5.74, 6) is 0. The summed E-state index contributed by atoms with van der Waals surface area (Å²) in [6.07, 6.45) is 0. The standard InChI is InChI=1S/C60H39NO/c1-2-15-40(16-3-1)41-29-31-42(32-30-41)43-33-35-46(36-34-43)61(56-27-12-10-24-52(56)50-26-14-19-44-17-4-6-20-47(44)50)57-38-37-53(60-59(57)54-25-11-13-28-58(54)62-60)55-39-45-18-5-7-21-48(45)49-22-8-9-23-51(49)55/h1-39H. The highest BCUT2D eigenvalue weighted by Crippen LogP contribution is 2.50. The Morgan fingerprint density at radius 3 is 1.61 bits per heavy atom. The minimum absolute atomic E-state index is 0.859. The predicted molar refractivity (Wildman–Crippen MR) is 263 cm³/mol. The van der Waals surface area contributed by atoms with Crippen molar-refractivity contribution in [2.45, 2.75) is 0 Å². The van der Waals surface area contributed by atoms with Gasteiger partial charge in [-0.3, -0.25) is 0 Å². The van der Waals surface area contributed by atoms with Gasteiger partial charge < -0.3 is 9.32 Å². The second kappa shape index (κ2) is 14.8. The quantitative estimate of drug-likeness (QED) is 0.150. The molecule has 2 nitrogen and oxygen atoms in total. The van der Waals surface area contributed by atoms with E-state index in [1.165, 1.54) is 54.6 Å². The monoisotopic (exact) mass is 789 g/mol. The first kappa shape index (κ1) is 35.7. The van der Waals surface area contributed by atoms with Crippen LogP contribution in [0.2, 0.25) is 0 Å². The molecular formula is C60H39NO. The summed E-state index contributed by atoms with van der Waals surface area (Å²) < 4.78 is 7.03. The minimum Gasteiger partial charge on any atom is -0.455 e. The molecule has 290 valence electrons. The van der Waals surface area contributed by atoms with Crippen LogP contribution in [0.15, 0.2) is 241 Å². The second-order valence-corrected chi connectivity index (χ2v) is 16.0. The highest BCUT2D eigenvalue weighted by atomic mass is 16.3. The van der Waals surface area contributed by atoms with Gasteiger partial charge in [0.25, 0.3) is 0 Å². The van der Waals surface area contributed by atoms with Gasteiger partial charge in [0.2, 0.25) is 0 Å². The Balaban J connectivity index is 1.09. The van der Waals surface area contributed by atoms with Crippen LogP contribution in [0.3, 0.4) is 0 Å². The first-order valence-corrected chi connectivity index (χ1v) is 21.3. The molecule has 0 saturated heterocycles. The van der Waals surface area contributed by atoms with Crippen LogP contribution >= 0.6 is 0 Å². The van der Waals surface area contributed by atoms with E-state index in [9.17, 15) is 0 Å². The Hall–Kier alpha value is -8.20. The molecule has 0 aliphatic carbocycles. The van der Waals surface area contributed by atoms with Crippen molar-refractivity contribution in [2.75, 3.05) is 4.90 Å². The van der Waals surface area contributed by atoms with Gasteiger partial charge in [-0.25, -0.2) is 0 Å². The third-order valence-corrected chi connectivity index (χ3v) is 12.5. The van der Waals surface area contributed by atoms with Crippen molar-refractivity contribution >= 4 is 71.3 Å². The van der Waals surface area contributed by atoms with Crippen molar-refractivity contribution in [1.82, 2.24) is 0 Å². The van der Waals surface area contributed by atoms with Crippen molar-refractivity contribution < 1.29 is 4.42 Å². The van der Waals surface area contributed by atoms with Gasteiger partial charge in [-0.1, -0.05) is 194 Å². The van der Waals surface area contributed by atoms with Crippen LogP contribution in [0.25, 0.3) is 98.8 Å². The molecule has 0 unspecified atom stereocenters. The van der Waals surface area contributed by atoms with E-state index in [4.69, 9.17) is 4.42 Å². The molecule has 0 fully saturated rings. The molecule has 0 aliphatic heterocycles. The summed E-state index contributed by atoms with van der Waals surface area (Å²) in [5.41, 5.74) is 14.2. The lowest BCUT2D eigenvalue weighted by atomic mass is 9.91. The van der Waals surface area contributed by atoms with Gasteiger partial charge >= 0.3 is 0 Å². The third-order valence-electron chi connectivity index (χ3n) is 12.5. The van der Waals surface area contributed by atoms with Crippen LogP contribution in [-0.4, -0.2) is 0 Å². The number of anilines is 3. The number of fused-ring (bicyclic) bond motifs is 7. The Bertz CT molecular complexity index is 3610. The molecule has 1 aromatic heterocycles. The highest BCUT2D eigenvalue weighted by Gasteiger charge is 2.25. The van der Waals surface area contributed by atoms with Crippen molar-refractivity contribution in [1.29, 1.82) is 0 Å². The number of furan rings is 1. The predicted octanol–water partition coefficient (Wildman–Crippen LogP) is 17.2. The highest BCUT2D eigenvalue weighted by molar-refractivity contribution is 6.21. The van der Waals surface area contributed by atoms with Gasteiger partial charge in [0.05, 0.1) is 16.8 Å². The van der Waals surface area contributed by atoms with E-state index in [2.05, 4.69) is 241 Å². The molecule has 0 saturated carbocycles. The first-order valence-electron chi connectivity index (χ1n) is 21.3. The summed E-state index contributed by atoms with van der Waals surface area (Å²) >= 11 is 0. The summed E-state index contributed by atoms with van der Waals surface area (Å²) in [4.78, 5) is 2.44. The molecule has 0 aliphatic rings. The molecule has 0 radical (unpaired) electrons. The van der Waals surface area contributed by atoms with Crippen LogP contribution in [-0.2, 0) is 0 Å². The Kier molecular flexibility index (Phi) is 8.53. The van der Waals surface area contributed by atoms with E-state index >= 15 is 0 Å². The normalized spacial score (nSPS) is 11.5. The van der Waals surface area contributed by atoms with Gasteiger partial charge in [0.1, 0.15) is 11.2 Å². The largest absolute Gasteiger partial charge is 0.455 e. The smallest absolute Gasteiger partial charge is 0.145 e. The second-order valence-electron chi connectivity index (χ2n) is 16.0. The van der Waals surface area contributed by atoms with Crippen LogP contribution in [0.5, 0.6) is 0 Å². The topological polar surface area (TPSA) is 16.4 Å². The van der Waals surface area contributed by atoms with Crippen molar-refractivity contribution in [2.24, 2.45) is 0 Å². The zero-order valence-electron chi connectivity index (χ0n) is 33.9. The van der Waals surface area contributed by atoms with Crippen LogP contribution in [0, 0.1) is 0 Å². The van der Waals surface area contributed by atoms with Crippen LogP contribution in [0.1, 0.15) is 0 Å². The lowest BCUT2D eigenvalue weighted by molar-refractivity contribution is 0.670. The van der Waals surface area contributed by atoms with Gasteiger partial charge in [-0.05, 0) is 108 Å². The number of hydrogen-bond donors (Lipinski definition) is 0. The number of nitrogens with zero attached hydrogens (tertiary/aromatic N) is 1. The fourth-order valence-corrected chi connectivity index (χ4v) is 9.54. The molecule has 1 heterocycles. The molecule has 0 amide bonds. The van der Waals surface area contributed by atoms with Gasteiger partial charge in [0.15, 0.2) is 0 Å². The number of benzene rings is 11. The van der Waals surface area contributed by atoms with E-state index in [0.29, 0.717) is 0 Å². The molecule has 11 aromatic carbocycles. The molecule has 2 heteroatoms. The Morgan fingerprint density at radius 1 is 0.290 bits per heavy atom. The summed E-state index contributed by atoms with van der Waals surface area (Å²) in [6, 6.07) is 85.4. The summed E-state index contributed by atoms with van der Waals surface area (Å²) in [6.45, 7) is 0. The molecule has 0 N–H and O–H groups in total. The maximum atomic E-state index is 7.03. The van der Waals surface area contributed by atoms with Gasteiger partial charge in [0, 0.05) is 22.2 Å². The zero-order chi connectivity index (χ0) is 41.0. The van der Waals surface area contributed by atoms with E-state index < -0.39 is 0 Å². The molecule has 0 spiro atoms. The molecular weight excluding hydrogens is 751 g/mol. The molecule has 62 heavy (non-hydrogen) atoms. The SMILES string of the molecule is c1ccc(-c2ccc(-c3ccc(N(c4ccccc4-c4cccc5ccccc45)c4ccc(-c5cc6ccccc6c6ccccc56)c5oc6ccccc6c45)cc3)cc2)cc1. The number of rotatable bonds is 7. The maximum Gasteiger partial charge on any atom is 0.145 e. The first-order chi connectivity index (χ1) is 30.8. The van der Waals surface area contributed by atoms with E-state index in [0.717, 1.165) is 61.3 Å². The van der Waals surface area contributed by atoms with Crippen LogP contribution < -0.4 is 4.90 Å². The summed E-state index contributed by atoms with van der Waals surface area (Å²) in [5, 5.41) is 9.46. The lowest BCUT2D eigenvalue weighted by Gasteiger charge is -2.29. The average molecular weight is 790 g/mol. The van der Waals surface area contributed by atoms with Gasteiger partial charge in [-0.15, -0.1) is 0 Å². The van der Waals surface area contributed by atoms with Crippen molar-refractivity contribution in [3.63, 3.8) is 0 Å². The third kappa shape index (κ3) is 5.96. The lowest BCUT2D eigenvalue weighted by Crippen LogP contribution is -2.12. The van der Waals surface area contributed by atoms with Gasteiger partial charge in [-0.2, -0.15) is 0 Å². The molecule has 12 rings (SSSR count). The number of para-hydroxylation sites is 2. The zero-order valence-corrected chi connectivity index (χ0v) is 33.9. The Morgan fingerprint density at radius 2 is 0.839 bits per heavy atom. The number of hydrogen-bond acceptors (Lipinski definition) is 2. The minimum atomic E-state index is 0.859. The van der Waals surface area contributed by atoms with E-state index in [1.807, 2.05) is 0 Å². The maximum absolute atomic E-state index is 7.03. The van der Waals surface area contributed by atoms with E-state index in [1.54, 1.807) is 0 Å².